The molecule has 3 aliphatic rings. The lowest BCUT2D eigenvalue weighted by atomic mass is 9.85. The zero-order valence-electron chi connectivity index (χ0n) is 23.5. The van der Waals surface area contributed by atoms with Crippen LogP contribution in [0.3, 0.4) is 0 Å². The van der Waals surface area contributed by atoms with E-state index >= 15 is 0 Å². The molecule has 1 saturated carbocycles. The van der Waals surface area contributed by atoms with Gasteiger partial charge in [0, 0.05) is 43.7 Å². The lowest BCUT2D eigenvalue weighted by molar-refractivity contribution is -0.140. The third-order valence-corrected chi connectivity index (χ3v) is 9.08. The summed E-state index contributed by atoms with van der Waals surface area (Å²) in [6, 6.07) is 19.8. The summed E-state index contributed by atoms with van der Waals surface area (Å²) in [6.45, 7) is 2.05. The van der Waals surface area contributed by atoms with E-state index < -0.39 is 0 Å². The minimum Gasteiger partial charge on any atom is -0.489 e. The van der Waals surface area contributed by atoms with Gasteiger partial charge in [-0.2, -0.15) is 0 Å². The molecular formula is C33H35N5O3. The Bertz CT molecular complexity index is 1620. The molecule has 0 bridgehead atoms. The van der Waals surface area contributed by atoms with Crippen LogP contribution in [0.1, 0.15) is 70.8 Å². The Balaban J connectivity index is 1.21. The number of carbonyl (C=O) groups excluding carboxylic acids is 2. The minimum atomic E-state index is -0.259. The van der Waals surface area contributed by atoms with Crippen molar-refractivity contribution < 1.29 is 14.3 Å². The summed E-state index contributed by atoms with van der Waals surface area (Å²) in [5, 5.41) is 8.36. The summed E-state index contributed by atoms with van der Waals surface area (Å²) in [5.74, 6) is 1.10. The Kier molecular flexibility index (Phi) is 6.69. The number of aromatic nitrogens is 3. The number of hydrogen-bond acceptors (Lipinski definition) is 5. The fourth-order valence-corrected chi connectivity index (χ4v) is 6.91. The molecular weight excluding hydrogens is 514 g/mol. The van der Waals surface area contributed by atoms with Crippen molar-refractivity contribution in [2.75, 3.05) is 13.1 Å². The normalized spacial score (nSPS) is 19.0. The monoisotopic (exact) mass is 549 g/mol. The summed E-state index contributed by atoms with van der Waals surface area (Å²) in [4.78, 5) is 31.4. The molecule has 7 rings (SSSR count). The molecule has 2 amide bonds. The Hall–Kier alpha value is -4.20. The zero-order chi connectivity index (χ0) is 27.9. The number of rotatable bonds is 6. The van der Waals surface area contributed by atoms with Gasteiger partial charge in [0.25, 0.3) is 5.91 Å². The molecule has 0 N–H and O–H groups in total. The van der Waals surface area contributed by atoms with Crippen LogP contribution in [0.15, 0.2) is 60.7 Å². The van der Waals surface area contributed by atoms with Crippen molar-refractivity contribution in [2.24, 2.45) is 13.0 Å². The van der Waals surface area contributed by atoms with Crippen LogP contribution < -0.4 is 4.74 Å². The average Bonchev–Trinajstić information content (AvgIpc) is 3.54. The maximum absolute atomic E-state index is 14.0. The van der Waals surface area contributed by atoms with Crippen molar-refractivity contribution >= 4 is 22.8 Å². The van der Waals surface area contributed by atoms with Crippen molar-refractivity contribution in [1.29, 1.82) is 0 Å². The molecule has 8 nitrogen and oxygen atoms in total. The highest BCUT2D eigenvalue weighted by molar-refractivity contribution is 5.98. The molecule has 3 aromatic carbocycles. The van der Waals surface area contributed by atoms with E-state index in [1.54, 1.807) is 4.68 Å². The van der Waals surface area contributed by atoms with Crippen molar-refractivity contribution in [2.45, 2.75) is 57.7 Å². The van der Waals surface area contributed by atoms with Gasteiger partial charge in [-0.25, -0.2) is 4.68 Å². The second-order valence-electron chi connectivity index (χ2n) is 11.6. The molecule has 1 fully saturated rings. The van der Waals surface area contributed by atoms with Gasteiger partial charge >= 0.3 is 0 Å². The number of hydrogen-bond donors (Lipinski definition) is 0. The molecule has 2 aliphatic heterocycles. The fraction of sp³-hybridized carbons (Fsp3) is 0.394. The van der Waals surface area contributed by atoms with Crippen LogP contribution in [0.4, 0.5) is 0 Å². The molecule has 0 spiro atoms. The Morgan fingerprint density at radius 3 is 2.68 bits per heavy atom. The van der Waals surface area contributed by atoms with Gasteiger partial charge in [-0.3, -0.25) is 9.59 Å². The van der Waals surface area contributed by atoms with E-state index in [1.165, 1.54) is 12.0 Å². The molecule has 8 heteroatoms. The van der Waals surface area contributed by atoms with Gasteiger partial charge in [0.2, 0.25) is 5.91 Å². The Labute approximate surface area is 239 Å². The first-order valence-corrected chi connectivity index (χ1v) is 14.8. The maximum Gasteiger partial charge on any atom is 0.254 e. The third-order valence-electron chi connectivity index (χ3n) is 9.08. The third kappa shape index (κ3) is 4.75. The summed E-state index contributed by atoms with van der Waals surface area (Å²) < 4.78 is 8.26. The molecule has 0 saturated heterocycles. The van der Waals surface area contributed by atoms with E-state index in [4.69, 9.17) is 4.74 Å². The van der Waals surface area contributed by atoms with Crippen molar-refractivity contribution in [3.8, 4) is 5.75 Å². The molecule has 1 aromatic heterocycles. The largest absolute Gasteiger partial charge is 0.489 e. The van der Waals surface area contributed by atoms with E-state index in [2.05, 4.69) is 21.3 Å². The van der Waals surface area contributed by atoms with E-state index in [9.17, 15) is 9.59 Å². The highest BCUT2D eigenvalue weighted by Gasteiger charge is 2.39. The van der Waals surface area contributed by atoms with Crippen LogP contribution >= 0.6 is 0 Å². The van der Waals surface area contributed by atoms with Gasteiger partial charge in [0.1, 0.15) is 17.9 Å². The molecule has 3 heterocycles. The predicted molar refractivity (Wildman–Crippen MR) is 155 cm³/mol. The second kappa shape index (κ2) is 10.7. The molecule has 0 unspecified atom stereocenters. The minimum absolute atomic E-state index is 0.0356. The fourth-order valence-electron chi connectivity index (χ4n) is 6.91. The smallest absolute Gasteiger partial charge is 0.254 e. The number of amides is 2. The number of benzene rings is 3. The van der Waals surface area contributed by atoms with Gasteiger partial charge in [-0.1, -0.05) is 60.9 Å². The van der Waals surface area contributed by atoms with Crippen molar-refractivity contribution in [1.82, 2.24) is 24.8 Å². The van der Waals surface area contributed by atoms with E-state index in [1.807, 2.05) is 66.5 Å². The van der Waals surface area contributed by atoms with E-state index in [0.29, 0.717) is 26.2 Å². The first-order valence-electron chi connectivity index (χ1n) is 14.8. The first-order chi connectivity index (χ1) is 20.1. The Morgan fingerprint density at radius 2 is 1.83 bits per heavy atom. The number of ether oxygens (including phenoxy) is 1. The van der Waals surface area contributed by atoms with Gasteiger partial charge < -0.3 is 14.5 Å². The van der Waals surface area contributed by atoms with Crippen LogP contribution in [0.25, 0.3) is 11.0 Å². The Morgan fingerprint density at radius 1 is 1.00 bits per heavy atom. The van der Waals surface area contributed by atoms with Gasteiger partial charge in [-0.05, 0) is 60.2 Å². The molecule has 4 aromatic rings. The summed E-state index contributed by atoms with van der Waals surface area (Å²) in [5.41, 5.74) is 6.83. The number of carbonyl (C=O) groups is 2. The SMILES string of the molecule is Cn1nnc2cc(COc3cccc4c3[C@@H](CN3Cc5ccccc5C3=O)N(C(=O)C3CCCCC3)CC4)ccc21. The maximum atomic E-state index is 14.0. The predicted octanol–water partition coefficient (Wildman–Crippen LogP) is 5.21. The topological polar surface area (TPSA) is 80.6 Å². The number of aryl methyl sites for hydroxylation is 1. The average molecular weight is 550 g/mol. The molecule has 210 valence electrons. The molecule has 1 aliphatic carbocycles. The van der Waals surface area contributed by atoms with Crippen molar-refractivity contribution in [3.05, 3.63) is 88.5 Å². The summed E-state index contributed by atoms with van der Waals surface area (Å²) in [6.07, 6.45) is 6.10. The lowest BCUT2D eigenvalue weighted by Gasteiger charge is -2.42. The van der Waals surface area contributed by atoms with Crippen molar-refractivity contribution in [3.63, 3.8) is 0 Å². The lowest BCUT2D eigenvalue weighted by Crippen LogP contribution is -2.47. The van der Waals surface area contributed by atoms with Crippen LogP contribution in [0, 0.1) is 5.92 Å². The van der Waals surface area contributed by atoms with E-state index in [-0.39, 0.29) is 23.8 Å². The number of nitrogens with zero attached hydrogens (tertiary/aromatic N) is 5. The van der Waals surface area contributed by atoms with Crippen LogP contribution in [0.5, 0.6) is 5.75 Å². The van der Waals surface area contributed by atoms with E-state index in [0.717, 1.165) is 71.1 Å². The van der Waals surface area contributed by atoms with Gasteiger partial charge in [0.15, 0.2) is 0 Å². The van der Waals surface area contributed by atoms with Gasteiger partial charge in [0.05, 0.1) is 11.6 Å². The van der Waals surface area contributed by atoms with Crippen LogP contribution in [0.2, 0.25) is 0 Å². The number of fused-ring (bicyclic) bond motifs is 3. The van der Waals surface area contributed by atoms with Gasteiger partial charge in [-0.15, -0.1) is 5.10 Å². The standard InChI is InChI=1S/C33H35N5O3/c1-36-28-15-14-22(18-27(28)34-35-36)21-41-30-13-7-11-23-16-17-38(32(39)24-8-3-2-4-9-24)29(31(23)30)20-37-19-25-10-5-6-12-26(25)33(37)40/h5-7,10-15,18,24,29H,2-4,8-9,16-17,19-21H2,1H3/t29-/m1/s1. The highest BCUT2D eigenvalue weighted by Crippen LogP contribution is 2.40. The first kappa shape index (κ1) is 25.7. The quantitative estimate of drug-likeness (QED) is 0.330. The van der Waals surface area contributed by atoms with Crippen LogP contribution in [-0.4, -0.2) is 49.7 Å². The zero-order valence-corrected chi connectivity index (χ0v) is 23.5. The second-order valence-corrected chi connectivity index (χ2v) is 11.6. The summed E-state index contributed by atoms with van der Waals surface area (Å²) in [7, 11) is 1.88. The molecule has 0 radical (unpaired) electrons. The molecule has 1 atom stereocenters. The van der Waals surface area contributed by atoms with Crippen LogP contribution in [-0.2, 0) is 31.4 Å². The highest BCUT2D eigenvalue weighted by atomic mass is 16.5. The summed E-state index contributed by atoms with van der Waals surface area (Å²) >= 11 is 0. The molecule has 41 heavy (non-hydrogen) atoms.